The maximum atomic E-state index is 14.0. The highest BCUT2D eigenvalue weighted by molar-refractivity contribution is 9.10. The van der Waals surface area contributed by atoms with Crippen LogP contribution >= 0.6 is 62.3 Å². The van der Waals surface area contributed by atoms with Gasteiger partial charge in [-0.2, -0.15) is 15.2 Å². The van der Waals surface area contributed by atoms with Crippen molar-refractivity contribution in [3.8, 4) is 6.07 Å². The number of nitrogens with one attached hydrogen (secondary N) is 2. The summed E-state index contributed by atoms with van der Waals surface area (Å²) in [5.41, 5.74) is 7.46. The molecule has 123 heavy (non-hydrogen) atoms. The van der Waals surface area contributed by atoms with E-state index >= 15 is 0 Å². The molecule has 0 bridgehead atoms. The number of halogens is 5. The zero-order valence-corrected chi connectivity index (χ0v) is 71.5. The summed E-state index contributed by atoms with van der Waals surface area (Å²) in [6.07, 6.45) is 1.48. The zero-order valence-electron chi connectivity index (χ0n) is 66.9. The standard InChI is InChI=1S/C26H23ClN4O3.C25H20ClN3O3.C18H15ClN2O3.C10H9ClN2O.C8H7NO.C7H4BrN/c1-17-3-9-20(10-4-17)28-24(32)29-23-26(15-34-16-26)31(22-13-7-19(27)8-14-22)25(33)30(23)21-11-5-18(2)6-12-21;1-17-6-10-22(11-7-17)29-23(30)28(21-12-8-19(26)9-13-21)24(15-32-16-24)25(29,31)18-4-3-5-20(14-18)27-2;1-12-2-6-14(7-3-12)20-16(22)18(10-24-11-18)21(17(20)23)15-8-4-13(19)5-9-15;11-8-1-3-9(4-2-8)13-10(5-12)6-14-7-10;1-7-2-4-8(5-3-7)9-6-10;1-9-7-4-2-3-6(8)5-7/h3-14H,15-16H2,1-2H3,(H,28,32);3-14,31H,15-16H2,1H3;2-9H,10-11H2,1H3;1-4,13H,6-7H2;2-5H,1H3;2-5H. The fraction of sp³-hybridized carbons (Fsp3) is 0.191. The molecule has 3 N–H and O–H groups in total. The first-order valence-electron chi connectivity index (χ1n) is 38.4. The fourth-order valence-electron chi connectivity index (χ4n) is 14.3. The minimum Gasteiger partial charge on any atom is -0.376 e. The third kappa shape index (κ3) is 18.7. The first-order chi connectivity index (χ1) is 59.2. The van der Waals surface area contributed by atoms with Gasteiger partial charge in [-0.1, -0.05) is 187 Å². The molecular formula is C94H78BrCl4N13O11. The van der Waals surface area contributed by atoms with Crippen LogP contribution in [-0.2, 0) is 34.3 Å². The van der Waals surface area contributed by atoms with E-state index in [2.05, 4.69) is 52.3 Å². The van der Waals surface area contributed by atoms with Gasteiger partial charge in [-0.25, -0.2) is 43.5 Å². The molecule has 7 heterocycles. The summed E-state index contributed by atoms with van der Waals surface area (Å²) in [6.45, 7) is 25.9. The van der Waals surface area contributed by atoms with E-state index < -0.39 is 33.9 Å². The molecule has 11 aromatic rings. The number of hydrogen-bond donors (Lipinski definition) is 3. The number of benzene rings is 11. The number of isocyanates is 1. The van der Waals surface area contributed by atoms with E-state index in [1.165, 1.54) is 25.7 Å². The average molecular weight is 1790 g/mol. The maximum absolute atomic E-state index is 14.0. The Kier molecular flexibility index (Phi) is 27.2. The largest absolute Gasteiger partial charge is 0.376 e. The van der Waals surface area contributed by atoms with Crippen molar-refractivity contribution in [3.05, 3.63) is 348 Å². The number of imide groups is 1. The molecule has 3 spiro atoms. The Morgan fingerprint density at radius 1 is 0.463 bits per heavy atom. The summed E-state index contributed by atoms with van der Waals surface area (Å²) >= 11 is 27.1. The van der Waals surface area contributed by atoms with E-state index in [1.807, 2.05) is 156 Å². The summed E-state index contributed by atoms with van der Waals surface area (Å²) in [6, 6.07) is 79.9. The van der Waals surface area contributed by atoms with Crippen LogP contribution < -0.4 is 40.0 Å². The van der Waals surface area contributed by atoms with Crippen molar-refractivity contribution in [1.29, 1.82) is 5.26 Å². The van der Waals surface area contributed by atoms with Gasteiger partial charge in [0.1, 0.15) is 5.54 Å². The number of carbonyl (C=O) groups excluding carboxylic acids is 6. The van der Waals surface area contributed by atoms with E-state index in [4.69, 9.17) is 83.8 Å². The number of nitrogens with zero attached hydrogens (tertiary/aromatic N) is 11. The highest BCUT2D eigenvalue weighted by Gasteiger charge is 2.72. The Morgan fingerprint density at radius 3 is 1.26 bits per heavy atom. The Bertz CT molecular complexity index is 5940. The summed E-state index contributed by atoms with van der Waals surface area (Å²) in [5, 5.41) is 29.7. The molecule has 0 radical (unpaired) electrons. The first kappa shape index (κ1) is 87.9. The van der Waals surface area contributed by atoms with Crippen LogP contribution in [0.5, 0.6) is 0 Å². The molecular weight excluding hydrogens is 1710 g/mol. The van der Waals surface area contributed by atoms with Crippen LogP contribution in [0.4, 0.5) is 81.7 Å². The summed E-state index contributed by atoms with van der Waals surface area (Å²) < 4.78 is 22.4. The molecule has 0 aliphatic carbocycles. The fourth-order valence-corrected chi connectivity index (χ4v) is 15.2. The van der Waals surface area contributed by atoms with Crippen molar-refractivity contribution in [3.63, 3.8) is 0 Å². The van der Waals surface area contributed by atoms with Gasteiger partial charge in [0.2, 0.25) is 6.08 Å². The second kappa shape index (κ2) is 38.0. The number of hydrogen-bond acceptors (Lipinski definition) is 14. The van der Waals surface area contributed by atoms with Crippen LogP contribution in [0, 0.1) is 59.1 Å². The van der Waals surface area contributed by atoms with Gasteiger partial charge >= 0.3 is 24.1 Å². The van der Waals surface area contributed by atoms with Gasteiger partial charge in [0, 0.05) is 58.7 Å². The van der Waals surface area contributed by atoms with E-state index in [0.717, 1.165) is 38.0 Å². The van der Waals surface area contributed by atoms with E-state index in [9.17, 15) is 33.9 Å². The summed E-state index contributed by atoms with van der Waals surface area (Å²) in [7, 11) is 0. The number of aliphatic imine (C=N–C) groups is 2. The van der Waals surface area contributed by atoms with Crippen LogP contribution in [0.1, 0.15) is 33.4 Å². The number of rotatable bonds is 11. The number of carbonyl (C=O) groups is 5. The predicted octanol–water partition coefficient (Wildman–Crippen LogP) is 21.5. The number of ether oxygens (including phenoxy) is 4. The lowest BCUT2D eigenvalue weighted by molar-refractivity contribution is -0.153. The minimum absolute atomic E-state index is 0.141. The molecule has 0 saturated carbocycles. The molecule has 9 amide bonds. The number of urea groups is 4. The molecule has 24 nitrogen and oxygen atoms in total. The Balaban J connectivity index is 0.000000135. The number of anilines is 8. The Labute approximate surface area is 739 Å². The quantitative estimate of drug-likeness (QED) is 0.0471. The van der Waals surface area contributed by atoms with E-state index in [-0.39, 0.29) is 63.6 Å². The molecule has 18 rings (SSSR count). The number of aliphatic hydroxyl groups is 1. The van der Waals surface area contributed by atoms with Crippen LogP contribution in [0.2, 0.25) is 20.1 Å². The predicted molar refractivity (Wildman–Crippen MR) is 482 cm³/mol. The molecule has 7 aliphatic rings. The van der Waals surface area contributed by atoms with Crippen LogP contribution in [0.3, 0.4) is 0 Å². The number of nitriles is 1. The van der Waals surface area contributed by atoms with Gasteiger partial charge in [0.25, 0.3) is 5.91 Å². The van der Waals surface area contributed by atoms with Gasteiger partial charge in [-0.3, -0.25) is 24.4 Å². The monoisotopic (exact) mass is 1780 g/mol. The molecule has 29 heteroatoms. The smallest absolute Gasteiger partial charge is 0.347 e. The number of amides is 9. The van der Waals surface area contributed by atoms with Gasteiger partial charge in [0.15, 0.2) is 39.6 Å². The topological polar surface area (TPSA) is 260 Å². The van der Waals surface area contributed by atoms with Crippen LogP contribution in [-0.4, -0.2) is 122 Å². The normalized spacial score (nSPS) is 17.6. The molecule has 620 valence electrons. The summed E-state index contributed by atoms with van der Waals surface area (Å²) in [4.78, 5) is 100. The van der Waals surface area contributed by atoms with Gasteiger partial charge < -0.3 is 34.7 Å². The average Bonchev–Trinajstić information content (AvgIpc) is 1.52. The van der Waals surface area contributed by atoms with Gasteiger partial charge in [-0.05, 0) is 210 Å². The van der Waals surface area contributed by atoms with Gasteiger partial charge in [-0.15, -0.1) is 0 Å². The van der Waals surface area contributed by atoms with Crippen molar-refractivity contribution in [1.82, 2.24) is 0 Å². The minimum atomic E-state index is -1.77. The van der Waals surface area contributed by atoms with Crippen LogP contribution in [0.15, 0.2) is 281 Å². The second-order valence-electron chi connectivity index (χ2n) is 29.7. The summed E-state index contributed by atoms with van der Waals surface area (Å²) in [5.74, 6) is 0.0738. The lowest BCUT2D eigenvalue weighted by Crippen LogP contribution is -2.70. The lowest BCUT2D eigenvalue weighted by atomic mass is 9.78. The molecule has 0 aromatic heterocycles. The number of aryl methyl sites for hydroxylation is 5. The third-order valence-electron chi connectivity index (χ3n) is 21.0. The highest BCUT2D eigenvalue weighted by atomic mass is 79.9. The maximum Gasteiger partial charge on any atom is 0.347 e. The molecule has 1 atom stereocenters. The number of amidine groups is 1. The second-order valence-corrected chi connectivity index (χ2v) is 32.4. The van der Waals surface area contributed by atoms with Crippen molar-refractivity contribution in [2.75, 3.05) is 92.9 Å². The molecule has 1 unspecified atom stereocenters. The third-order valence-corrected chi connectivity index (χ3v) is 22.5. The highest BCUT2D eigenvalue weighted by Crippen LogP contribution is 2.55. The van der Waals surface area contributed by atoms with Crippen LogP contribution in [0.25, 0.3) is 9.69 Å². The van der Waals surface area contributed by atoms with Gasteiger partial charge in [0.05, 0.1) is 89.1 Å². The van der Waals surface area contributed by atoms with Crippen molar-refractivity contribution in [2.24, 2.45) is 9.98 Å². The molecule has 7 fully saturated rings. The van der Waals surface area contributed by atoms with E-state index in [1.54, 1.807) is 155 Å². The zero-order chi connectivity index (χ0) is 87.4. The Morgan fingerprint density at radius 2 is 0.846 bits per heavy atom. The SMILES string of the molecule is Cc1ccc(N2C(=O)N(c3ccc(Cl)cc3)C3(COC3)C2=O)cc1.Cc1ccc(N=C=O)cc1.Cc1ccc(NC(=O)N=C2N(c3ccc(C)cc3)C(=O)N(c3ccc(Cl)cc3)C23COC3)cc1.N#CC1(Nc2ccc(Cl)cc2)COC1.[C-]#[N+]c1cccc(Br)c1.[C-]#[N+]c1cccc(C2(O)N(c3ccc(C)cc3)C(=O)N(c3ccc(Cl)cc3)C23COC3)c1. The van der Waals surface area contributed by atoms with Crippen molar-refractivity contribution < 1.29 is 52.8 Å². The molecule has 7 aliphatic heterocycles. The Hall–Kier alpha value is -12.9. The molecule has 11 aromatic carbocycles. The van der Waals surface area contributed by atoms with Crippen molar-refractivity contribution >= 4 is 167 Å². The lowest BCUT2D eigenvalue weighted by Gasteiger charge is -2.51. The van der Waals surface area contributed by atoms with E-state index in [0.29, 0.717) is 102 Å². The molecule has 7 saturated heterocycles. The van der Waals surface area contributed by atoms with Crippen molar-refractivity contribution in [2.45, 2.75) is 62.5 Å². The first-order valence-corrected chi connectivity index (χ1v) is 40.7.